The van der Waals surface area contributed by atoms with E-state index in [1.165, 1.54) is 23.9 Å². The number of nitrogens with zero attached hydrogens (tertiary/aromatic N) is 5. The van der Waals surface area contributed by atoms with Gasteiger partial charge in [-0.2, -0.15) is 18.3 Å². The van der Waals surface area contributed by atoms with Gasteiger partial charge in [0.1, 0.15) is 0 Å². The number of benzene rings is 1. The van der Waals surface area contributed by atoms with Crippen LogP contribution in [0.2, 0.25) is 0 Å². The highest BCUT2D eigenvalue weighted by Crippen LogP contribution is 2.31. The molecular formula is C20H18F3N5. The number of pyridine rings is 1. The Morgan fingerprint density at radius 1 is 0.929 bits per heavy atom. The molecule has 28 heavy (non-hydrogen) atoms. The second-order valence-corrected chi connectivity index (χ2v) is 6.76. The Labute approximate surface area is 160 Å². The van der Waals surface area contributed by atoms with Crippen LogP contribution in [0.5, 0.6) is 0 Å². The third-order valence-corrected chi connectivity index (χ3v) is 5.01. The number of piperidine rings is 1. The van der Waals surface area contributed by atoms with Crippen LogP contribution in [-0.4, -0.2) is 33.3 Å². The minimum absolute atomic E-state index is 0.477. The first-order valence-electron chi connectivity index (χ1n) is 9.03. The van der Waals surface area contributed by atoms with Crippen LogP contribution < -0.4 is 4.90 Å². The van der Waals surface area contributed by atoms with E-state index in [-0.39, 0.29) is 0 Å². The standard InChI is InChI=1S/C20H18F3N5/c21-20(22,23)17-3-1-16(2-4-17)18-13-25-27-19(26-18)28-11-7-15(8-12-28)14-5-9-24-10-6-14/h1-6,9-10,13,15H,7-8,11-12H2. The monoisotopic (exact) mass is 385 g/mol. The Bertz CT molecular complexity index is 921. The number of aromatic nitrogens is 4. The summed E-state index contributed by atoms with van der Waals surface area (Å²) in [5, 5.41) is 8.12. The topological polar surface area (TPSA) is 54.8 Å². The van der Waals surface area contributed by atoms with Crippen LogP contribution in [0.25, 0.3) is 11.3 Å². The minimum atomic E-state index is -4.35. The molecule has 3 aromatic rings. The molecular weight excluding hydrogens is 367 g/mol. The van der Waals surface area contributed by atoms with Crippen molar-refractivity contribution >= 4 is 5.95 Å². The first-order valence-corrected chi connectivity index (χ1v) is 9.03. The van der Waals surface area contributed by atoms with Gasteiger partial charge in [-0.15, -0.1) is 5.10 Å². The van der Waals surface area contributed by atoms with Crippen LogP contribution in [0.15, 0.2) is 55.0 Å². The zero-order valence-corrected chi connectivity index (χ0v) is 15.0. The molecule has 1 fully saturated rings. The van der Waals surface area contributed by atoms with Crippen molar-refractivity contribution in [2.45, 2.75) is 24.9 Å². The molecule has 0 atom stereocenters. The second kappa shape index (κ2) is 7.53. The molecule has 1 aromatic carbocycles. The molecule has 0 saturated carbocycles. The minimum Gasteiger partial charge on any atom is -0.339 e. The van der Waals surface area contributed by atoms with Gasteiger partial charge in [-0.3, -0.25) is 4.98 Å². The molecule has 1 aliphatic rings. The third-order valence-electron chi connectivity index (χ3n) is 5.01. The van der Waals surface area contributed by atoms with Gasteiger partial charge in [0.05, 0.1) is 17.5 Å². The van der Waals surface area contributed by atoms with Gasteiger partial charge < -0.3 is 4.90 Å². The number of hydrogen-bond acceptors (Lipinski definition) is 5. The van der Waals surface area contributed by atoms with Gasteiger partial charge in [0, 0.05) is 31.0 Å². The largest absolute Gasteiger partial charge is 0.416 e. The molecule has 144 valence electrons. The number of alkyl halides is 3. The summed E-state index contributed by atoms with van der Waals surface area (Å²) in [6, 6.07) is 9.01. The predicted molar refractivity (Wildman–Crippen MR) is 98.7 cm³/mol. The smallest absolute Gasteiger partial charge is 0.339 e. The molecule has 0 N–H and O–H groups in total. The van der Waals surface area contributed by atoms with Gasteiger partial charge in [-0.1, -0.05) is 12.1 Å². The lowest BCUT2D eigenvalue weighted by Crippen LogP contribution is -2.34. The van der Waals surface area contributed by atoms with E-state index in [9.17, 15) is 13.2 Å². The number of halogens is 3. The highest BCUT2D eigenvalue weighted by atomic mass is 19.4. The molecule has 4 rings (SSSR count). The van der Waals surface area contributed by atoms with Gasteiger partial charge in [0.2, 0.25) is 5.95 Å². The summed E-state index contributed by atoms with van der Waals surface area (Å²) in [7, 11) is 0. The maximum absolute atomic E-state index is 12.7. The first kappa shape index (κ1) is 18.3. The molecule has 0 amide bonds. The van der Waals surface area contributed by atoms with E-state index in [1.54, 1.807) is 0 Å². The van der Waals surface area contributed by atoms with Crippen molar-refractivity contribution in [2.24, 2.45) is 0 Å². The molecule has 0 aliphatic carbocycles. The summed E-state index contributed by atoms with van der Waals surface area (Å²) < 4.78 is 38.2. The Morgan fingerprint density at radius 2 is 1.61 bits per heavy atom. The average Bonchev–Trinajstić information content (AvgIpc) is 2.74. The van der Waals surface area contributed by atoms with Crippen molar-refractivity contribution in [1.82, 2.24) is 20.2 Å². The summed E-state index contributed by atoms with van der Waals surface area (Å²) >= 11 is 0. The van der Waals surface area contributed by atoms with Gasteiger partial charge in [-0.25, -0.2) is 4.98 Å². The van der Waals surface area contributed by atoms with E-state index in [0.717, 1.165) is 38.1 Å². The van der Waals surface area contributed by atoms with Crippen molar-refractivity contribution in [3.05, 3.63) is 66.1 Å². The van der Waals surface area contributed by atoms with Crippen LogP contribution in [0.1, 0.15) is 29.9 Å². The Hall–Kier alpha value is -3.03. The highest BCUT2D eigenvalue weighted by Gasteiger charge is 2.30. The Balaban J connectivity index is 1.47. The third kappa shape index (κ3) is 3.95. The first-order chi connectivity index (χ1) is 13.5. The molecule has 0 unspecified atom stereocenters. The van der Waals surface area contributed by atoms with E-state index >= 15 is 0 Å². The predicted octanol–water partition coefficient (Wildman–Crippen LogP) is 4.34. The summed E-state index contributed by atoms with van der Waals surface area (Å²) in [6.07, 6.45) is 2.67. The van der Waals surface area contributed by atoms with Crippen molar-refractivity contribution in [2.75, 3.05) is 18.0 Å². The number of hydrogen-bond donors (Lipinski definition) is 0. The quantitative estimate of drug-likeness (QED) is 0.671. The van der Waals surface area contributed by atoms with Gasteiger partial charge >= 0.3 is 6.18 Å². The second-order valence-electron chi connectivity index (χ2n) is 6.76. The van der Waals surface area contributed by atoms with Crippen LogP contribution in [-0.2, 0) is 6.18 Å². The molecule has 0 radical (unpaired) electrons. The number of anilines is 1. The summed E-state index contributed by atoms with van der Waals surface area (Å²) in [5.41, 5.74) is 1.69. The van der Waals surface area contributed by atoms with Crippen LogP contribution in [0.3, 0.4) is 0 Å². The van der Waals surface area contributed by atoms with E-state index < -0.39 is 11.7 Å². The van der Waals surface area contributed by atoms with E-state index in [1.807, 2.05) is 24.5 Å². The molecule has 2 aromatic heterocycles. The van der Waals surface area contributed by atoms with Gasteiger partial charge in [-0.05, 0) is 48.6 Å². The maximum atomic E-state index is 12.7. The molecule has 8 heteroatoms. The molecule has 5 nitrogen and oxygen atoms in total. The van der Waals surface area contributed by atoms with Crippen LogP contribution >= 0.6 is 0 Å². The van der Waals surface area contributed by atoms with Crippen molar-refractivity contribution in [3.63, 3.8) is 0 Å². The van der Waals surface area contributed by atoms with E-state index in [2.05, 4.69) is 25.1 Å². The molecule has 0 spiro atoms. The van der Waals surface area contributed by atoms with E-state index in [0.29, 0.717) is 23.1 Å². The Kier molecular flexibility index (Phi) is 4.93. The average molecular weight is 385 g/mol. The molecule has 3 heterocycles. The van der Waals surface area contributed by atoms with Gasteiger partial charge in [0.15, 0.2) is 0 Å². The molecule has 1 saturated heterocycles. The zero-order chi connectivity index (χ0) is 19.6. The van der Waals surface area contributed by atoms with Crippen LogP contribution in [0, 0.1) is 0 Å². The van der Waals surface area contributed by atoms with Crippen LogP contribution in [0.4, 0.5) is 19.1 Å². The lowest BCUT2D eigenvalue weighted by Gasteiger charge is -2.32. The van der Waals surface area contributed by atoms with Crippen molar-refractivity contribution in [1.29, 1.82) is 0 Å². The molecule has 1 aliphatic heterocycles. The summed E-state index contributed by atoms with van der Waals surface area (Å²) in [6.45, 7) is 1.59. The summed E-state index contributed by atoms with van der Waals surface area (Å²) in [5.74, 6) is 0.982. The van der Waals surface area contributed by atoms with E-state index in [4.69, 9.17) is 0 Å². The van der Waals surface area contributed by atoms with Crippen molar-refractivity contribution < 1.29 is 13.2 Å². The summed E-state index contributed by atoms with van der Waals surface area (Å²) in [4.78, 5) is 10.6. The lowest BCUT2D eigenvalue weighted by atomic mass is 9.90. The zero-order valence-electron chi connectivity index (χ0n) is 15.0. The fourth-order valence-electron chi connectivity index (χ4n) is 3.45. The fourth-order valence-corrected chi connectivity index (χ4v) is 3.45. The number of rotatable bonds is 3. The molecule has 0 bridgehead atoms. The maximum Gasteiger partial charge on any atom is 0.416 e. The fraction of sp³-hybridized carbons (Fsp3) is 0.300. The highest BCUT2D eigenvalue weighted by molar-refractivity contribution is 5.59. The van der Waals surface area contributed by atoms with Gasteiger partial charge in [0.25, 0.3) is 0 Å². The lowest BCUT2D eigenvalue weighted by molar-refractivity contribution is -0.137. The Morgan fingerprint density at radius 3 is 2.25 bits per heavy atom. The SMILES string of the molecule is FC(F)(F)c1ccc(-c2cnnc(N3CCC(c4ccncc4)CC3)n2)cc1. The normalized spacial score (nSPS) is 15.6. The van der Waals surface area contributed by atoms with Crippen molar-refractivity contribution in [3.8, 4) is 11.3 Å².